The number of rotatable bonds is 5. The number of amides is 1. The van der Waals surface area contributed by atoms with Gasteiger partial charge in [0.1, 0.15) is 5.82 Å². The van der Waals surface area contributed by atoms with Gasteiger partial charge in [0.25, 0.3) is 5.91 Å². The summed E-state index contributed by atoms with van der Waals surface area (Å²) in [5.41, 5.74) is 1.02. The third-order valence-electron chi connectivity index (χ3n) is 3.56. The van der Waals surface area contributed by atoms with E-state index in [9.17, 15) is 14.3 Å². The number of hydrogen-bond donors (Lipinski definition) is 1. The van der Waals surface area contributed by atoms with E-state index in [0.717, 1.165) is 5.56 Å². The van der Waals surface area contributed by atoms with Crippen molar-refractivity contribution in [3.05, 3.63) is 70.5 Å². The minimum Gasteiger partial charge on any atom is -0.396 e. The second-order valence-electron chi connectivity index (χ2n) is 4.96. The first kappa shape index (κ1) is 16.5. The van der Waals surface area contributed by atoms with Crippen molar-refractivity contribution in [2.75, 3.05) is 13.7 Å². The van der Waals surface area contributed by atoms with Crippen LogP contribution in [0.2, 0.25) is 5.02 Å². The van der Waals surface area contributed by atoms with Gasteiger partial charge in [-0.2, -0.15) is 0 Å². The van der Waals surface area contributed by atoms with E-state index in [1.165, 1.54) is 23.1 Å². The monoisotopic (exact) mass is 321 g/mol. The smallest absolute Gasteiger partial charge is 0.255 e. The molecular weight excluding hydrogens is 305 g/mol. The Morgan fingerprint density at radius 1 is 1.23 bits per heavy atom. The first-order valence-corrected chi connectivity index (χ1v) is 7.31. The van der Waals surface area contributed by atoms with E-state index in [1.807, 2.05) is 30.3 Å². The van der Waals surface area contributed by atoms with E-state index >= 15 is 0 Å². The van der Waals surface area contributed by atoms with Crippen molar-refractivity contribution in [1.29, 1.82) is 0 Å². The van der Waals surface area contributed by atoms with E-state index in [0.29, 0.717) is 6.42 Å². The molecule has 0 radical (unpaired) electrons. The van der Waals surface area contributed by atoms with Gasteiger partial charge in [-0.05, 0) is 24.1 Å². The highest BCUT2D eigenvalue weighted by atomic mass is 35.5. The SMILES string of the molecule is CN(C(=O)c1cccc(F)c1Cl)C(CCO)c1ccccc1. The van der Waals surface area contributed by atoms with Crippen molar-refractivity contribution in [1.82, 2.24) is 4.90 Å². The Balaban J connectivity index is 2.32. The van der Waals surface area contributed by atoms with Crippen molar-refractivity contribution in [3.8, 4) is 0 Å². The molecule has 0 saturated carbocycles. The molecule has 0 aromatic heterocycles. The van der Waals surface area contributed by atoms with E-state index < -0.39 is 5.82 Å². The Kier molecular flexibility index (Phi) is 5.52. The summed E-state index contributed by atoms with van der Waals surface area (Å²) < 4.78 is 13.5. The maximum atomic E-state index is 13.5. The van der Waals surface area contributed by atoms with Crippen LogP contribution >= 0.6 is 11.6 Å². The summed E-state index contributed by atoms with van der Waals surface area (Å²) in [5.74, 6) is -1.01. The van der Waals surface area contributed by atoms with Crippen LogP contribution in [-0.4, -0.2) is 29.6 Å². The van der Waals surface area contributed by atoms with Crippen LogP contribution in [0.15, 0.2) is 48.5 Å². The lowest BCUT2D eigenvalue weighted by Crippen LogP contribution is -2.32. The van der Waals surface area contributed by atoms with Crippen LogP contribution in [0, 0.1) is 5.82 Å². The zero-order valence-electron chi connectivity index (χ0n) is 12.2. The van der Waals surface area contributed by atoms with Crippen LogP contribution in [0.3, 0.4) is 0 Å². The minimum absolute atomic E-state index is 0.0614. The molecule has 0 aliphatic carbocycles. The van der Waals surface area contributed by atoms with Crippen molar-refractivity contribution >= 4 is 17.5 Å². The van der Waals surface area contributed by atoms with Gasteiger partial charge in [-0.25, -0.2) is 4.39 Å². The van der Waals surface area contributed by atoms with Crippen LogP contribution < -0.4 is 0 Å². The molecule has 0 saturated heterocycles. The summed E-state index contributed by atoms with van der Waals surface area (Å²) in [6.45, 7) is -0.0614. The molecule has 0 aliphatic heterocycles. The topological polar surface area (TPSA) is 40.5 Å². The maximum absolute atomic E-state index is 13.5. The van der Waals surface area contributed by atoms with Crippen molar-refractivity contribution in [3.63, 3.8) is 0 Å². The molecular formula is C17H17ClFNO2. The highest BCUT2D eigenvalue weighted by molar-refractivity contribution is 6.34. The van der Waals surface area contributed by atoms with Gasteiger partial charge >= 0.3 is 0 Å². The van der Waals surface area contributed by atoms with E-state index in [2.05, 4.69) is 0 Å². The molecule has 0 bridgehead atoms. The average Bonchev–Trinajstić information content (AvgIpc) is 2.55. The number of benzene rings is 2. The molecule has 1 unspecified atom stereocenters. The van der Waals surface area contributed by atoms with Gasteiger partial charge in [0.2, 0.25) is 0 Å². The zero-order valence-corrected chi connectivity index (χ0v) is 12.9. The number of carbonyl (C=O) groups is 1. The molecule has 0 heterocycles. The zero-order chi connectivity index (χ0) is 16.1. The summed E-state index contributed by atoms with van der Waals surface area (Å²) in [6, 6.07) is 13.2. The average molecular weight is 322 g/mol. The predicted molar refractivity (Wildman–Crippen MR) is 84.4 cm³/mol. The van der Waals surface area contributed by atoms with Gasteiger partial charge < -0.3 is 10.0 Å². The largest absolute Gasteiger partial charge is 0.396 e. The number of carbonyl (C=O) groups excluding carboxylic acids is 1. The first-order chi connectivity index (χ1) is 10.6. The fraction of sp³-hybridized carbons (Fsp3) is 0.235. The highest BCUT2D eigenvalue weighted by Gasteiger charge is 2.24. The van der Waals surface area contributed by atoms with Gasteiger partial charge in [0.05, 0.1) is 16.6 Å². The van der Waals surface area contributed by atoms with Crippen molar-refractivity contribution in [2.45, 2.75) is 12.5 Å². The third-order valence-corrected chi connectivity index (χ3v) is 3.94. The molecule has 22 heavy (non-hydrogen) atoms. The third kappa shape index (κ3) is 3.46. The lowest BCUT2D eigenvalue weighted by Gasteiger charge is -2.28. The molecule has 3 nitrogen and oxygen atoms in total. The molecule has 2 aromatic rings. The molecule has 5 heteroatoms. The van der Waals surface area contributed by atoms with E-state index in [1.54, 1.807) is 7.05 Å². The summed E-state index contributed by atoms with van der Waals surface area (Å²) in [5, 5.41) is 9.09. The fourth-order valence-corrected chi connectivity index (χ4v) is 2.59. The Hall–Kier alpha value is -1.91. The standard InChI is InChI=1S/C17H17ClFNO2/c1-20(15(10-11-21)12-6-3-2-4-7-12)17(22)13-8-5-9-14(19)16(13)18/h2-9,15,21H,10-11H2,1H3. The Morgan fingerprint density at radius 3 is 2.55 bits per heavy atom. The second kappa shape index (κ2) is 7.38. The summed E-state index contributed by atoms with van der Waals surface area (Å²) in [4.78, 5) is 14.1. The highest BCUT2D eigenvalue weighted by Crippen LogP contribution is 2.27. The van der Waals surface area contributed by atoms with Crippen molar-refractivity contribution < 1.29 is 14.3 Å². The van der Waals surface area contributed by atoms with Gasteiger partial charge in [0.15, 0.2) is 0 Å². The summed E-state index contributed by atoms with van der Waals surface area (Å²) in [7, 11) is 1.62. The molecule has 0 spiro atoms. The number of nitrogens with zero attached hydrogens (tertiary/aromatic N) is 1. The molecule has 2 aromatic carbocycles. The molecule has 116 valence electrons. The van der Waals surface area contributed by atoms with Gasteiger partial charge in [-0.3, -0.25) is 4.79 Å². The lowest BCUT2D eigenvalue weighted by molar-refractivity contribution is 0.0705. The summed E-state index contributed by atoms with van der Waals surface area (Å²) in [6.07, 6.45) is 0.388. The van der Waals surface area contributed by atoms with Gasteiger partial charge in [-0.1, -0.05) is 48.0 Å². The van der Waals surface area contributed by atoms with Crippen LogP contribution in [0.4, 0.5) is 4.39 Å². The first-order valence-electron chi connectivity index (χ1n) is 6.93. The van der Waals surface area contributed by atoms with Crippen LogP contribution in [0.5, 0.6) is 0 Å². The van der Waals surface area contributed by atoms with E-state index in [4.69, 9.17) is 11.6 Å². The fourth-order valence-electron chi connectivity index (χ4n) is 2.38. The van der Waals surface area contributed by atoms with Crippen LogP contribution in [0.25, 0.3) is 0 Å². The summed E-state index contributed by atoms with van der Waals surface area (Å²) >= 11 is 5.89. The normalized spacial score (nSPS) is 12.0. The molecule has 0 aliphatic rings. The minimum atomic E-state index is -0.626. The quantitative estimate of drug-likeness (QED) is 0.912. The van der Waals surface area contributed by atoms with Crippen LogP contribution in [0.1, 0.15) is 28.4 Å². The molecule has 1 atom stereocenters. The van der Waals surface area contributed by atoms with Crippen molar-refractivity contribution in [2.24, 2.45) is 0 Å². The number of hydrogen-bond acceptors (Lipinski definition) is 2. The molecule has 1 N–H and O–H groups in total. The number of halogens is 2. The second-order valence-corrected chi connectivity index (χ2v) is 5.33. The Labute approximate surface area is 133 Å². The van der Waals surface area contributed by atoms with E-state index in [-0.39, 0.29) is 29.1 Å². The predicted octanol–water partition coefficient (Wildman–Crippen LogP) is 3.67. The van der Waals surface area contributed by atoms with Gasteiger partial charge in [-0.15, -0.1) is 0 Å². The van der Waals surface area contributed by atoms with Gasteiger partial charge in [0, 0.05) is 13.7 Å². The lowest BCUT2D eigenvalue weighted by atomic mass is 10.0. The van der Waals surface area contributed by atoms with Crippen LogP contribution in [-0.2, 0) is 0 Å². The number of aliphatic hydroxyl groups excluding tert-OH is 1. The molecule has 2 rings (SSSR count). The Morgan fingerprint density at radius 2 is 1.91 bits per heavy atom. The Bertz CT molecular complexity index is 648. The maximum Gasteiger partial charge on any atom is 0.255 e. The number of aliphatic hydroxyl groups is 1. The molecule has 1 amide bonds. The molecule has 0 fully saturated rings.